The van der Waals surface area contributed by atoms with Gasteiger partial charge in [-0.15, -0.1) is 5.10 Å². The number of unbranched alkanes of at least 4 members (excludes halogenated alkanes) is 2. The molecule has 0 bridgehead atoms. The summed E-state index contributed by atoms with van der Waals surface area (Å²) >= 11 is 0. The van der Waals surface area contributed by atoms with Gasteiger partial charge in [-0.3, -0.25) is 9.59 Å². The van der Waals surface area contributed by atoms with Crippen molar-refractivity contribution in [1.82, 2.24) is 20.3 Å². The first kappa shape index (κ1) is 29.0. The molecule has 35 heavy (non-hydrogen) atoms. The highest BCUT2D eigenvalue weighted by Crippen LogP contribution is 2.37. The van der Waals surface area contributed by atoms with Crippen LogP contribution in [0, 0.1) is 5.92 Å². The monoisotopic (exact) mass is 494 g/mol. The molecule has 1 aromatic heterocycles. The molecule has 0 aliphatic carbocycles. The summed E-state index contributed by atoms with van der Waals surface area (Å²) in [7, 11) is 0. The highest BCUT2D eigenvalue weighted by atomic mass is 16.5. The quantitative estimate of drug-likeness (QED) is 0.245. The molecule has 0 aromatic carbocycles. The number of carbonyl (C=O) groups excluding carboxylic acids is 2. The van der Waals surface area contributed by atoms with Crippen LogP contribution in [0.4, 0.5) is 0 Å². The summed E-state index contributed by atoms with van der Waals surface area (Å²) in [5, 5.41) is 19.4. The van der Waals surface area contributed by atoms with E-state index in [0.29, 0.717) is 78.4 Å². The Bertz CT molecular complexity index is 776. The number of aromatic nitrogens is 3. The van der Waals surface area contributed by atoms with E-state index in [-0.39, 0.29) is 17.6 Å². The van der Waals surface area contributed by atoms with Crippen LogP contribution in [0.2, 0.25) is 0 Å². The Morgan fingerprint density at radius 2 is 1.71 bits per heavy atom. The van der Waals surface area contributed by atoms with Crippen molar-refractivity contribution < 1.29 is 23.8 Å². The first-order valence-corrected chi connectivity index (χ1v) is 12.8. The molecular formula is C24H42N6O5. The van der Waals surface area contributed by atoms with Crippen molar-refractivity contribution in [3.63, 3.8) is 0 Å². The largest absolute Gasteiger partial charge is 0.377 e. The molecule has 198 valence electrons. The van der Waals surface area contributed by atoms with Gasteiger partial charge in [-0.1, -0.05) is 38.8 Å². The van der Waals surface area contributed by atoms with Crippen molar-refractivity contribution in [2.24, 2.45) is 16.1 Å². The number of ether oxygens (including phenoxy) is 3. The zero-order valence-corrected chi connectivity index (χ0v) is 21.5. The zero-order valence-electron chi connectivity index (χ0n) is 21.5. The number of nitrogens with zero attached hydrogens (tertiary/aromatic N) is 5. The van der Waals surface area contributed by atoms with Crippen LogP contribution < -0.4 is 5.32 Å². The topological polar surface area (TPSA) is 129 Å². The molecule has 11 heteroatoms. The maximum atomic E-state index is 12.0. The van der Waals surface area contributed by atoms with Gasteiger partial charge in [0, 0.05) is 31.5 Å². The highest BCUT2D eigenvalue weighted by molar-refractivity contribution is 5.81. The summed E-state index contributed by atoms with van der Waals surface area (Å²) in [6, 6.07) is 0. The van der Waals surface area contributed by atoms with E-state index < -0.39 is 5.66 Å². The zero-order chi connectivity index (χ0) is 25.4. The van der Waals surface area contributed by atoms with Crippen LogP contribution in [0.3, 0.4) is 0 Å². The summed E-state index contributed by atoms with van der Waals surface area (Å²) in [5.74, 6) is 0.277. The Balaban J connectivity index is 1.40. The van der Waals surface area contributed by atoms with Crippen molar-refractivity contribution in [2.45, 2.75) is 77.9 Å². The fourth-order valence-electron chi connectivity index (χ4n) is 3.29. The summed E-state index contributed by atoms with van der Waals surface area (Å²) in [4.78, 5) is 23.5. The molecule has 1 aliphatic rings. The van der Waals surface area contributed by atoms with Crippen LogP contribution in [0.25, 0.3) is 0 Å². The van der Waals surface area contributed by atoms with Crippen LogP contribution in [0.15, 0.2) is 16.4 Å². The van der Waals surface area contributed by atoms with E-state index in [9.17, 15) is 9.59 Å². The first-order chi connectivity index (χ1) is 16.9. The number of rotatable bonds is 22. The second kappa shape index (κ2) is 16.4. The summed E-state index contributed by atoms with van der Waals surface area (Å²) in [6.45, 7) is 10.0. The molecule has 2 rings (SSSR count). The van der Waals surface area contributed by atoms with E-state index in [0.717, 1.165) is 25.0 Å². The number of aryl methyl sites for hydroxylation is 1. The van der Waals surface area contributed by atoms with Gasteiger partial charge in [-0.25, -0.2) is 4.68 Å². The minimum absolute atomic E-state index is 0.00260. The van der Waals surface area contributed by atoms with Gasteiger partial charge in [0.1, 0.15) is 5.78 Å². The number of nitrogens with one attached hydrogen (secondary N) is 1. The molecule has 0 radical (unpaired) electrons. The van der Waals surface area contributed by atoms with Gasteiger partial charge in [-0.05, 0) is 12.8 Å². The minimum Gasteiger partial charge on any atom is -0.377 e. The van der Waals surface area contributed by atoms with E-state index in [1.54, 1.807) is 4.68 Å². The molecule has 0 atom stereocenters. The fourth-order valence-corrected chi connectivity index (χ4v) is 3.29. The average molecular weight is 495 g/mol. The first-order valence-electron chi connectivity index (χ1n) is 12.8. The van der Waals surface area contributed by atoms with Gasteiger partial charge >= 0.3 is 0 Å². The molecule has 0 spiro atoms. The molecule has 0 fully saturated rings. The smallest absolute Gasteiger partial charge is 0.220 e. The summed E-state index contributed by atoms with van der Waals surface area (Å²) < 4.78 is 18.3. The van der Waals surface area contributed by atoms with E-state index in [2.05, 4.69) is 32.8 Å². The second-order valence-electron chi connectivity index (χ2n) is 9.10. The standard InChI is InChI=1S/C24H42N6O5/c1-4-5-6-7-23(32)25-10-12-33-14-16-35-17-15-34-13-11-30-19-21(26-29-30)8-9-24(27-28-24)18-22(31)20(2)3/h19-20H,4-18H2,1-3H3,(H,25,32). The Labute approximate surface area is 208 Å². The molecular weight excluding hydrogens is 452 g/mol. The Morgan fingerprint density at radius 1 is 1.03 bits per heavy atom. The van der Waals surface area contributed by atoms with E-state index in [1.165, 1.54) is 0 Å². The number of Topliss-reactive ketones (excluding diaryl/α,β-unsaturated/α-hetero) is 1. The number of ketones is 1. The molecule has 1 aliphatic heterocycles. The maximum Gasteiger partial charge on any atom is 0.220 e. The molecule has 0 saturated heterocycles. The fraction of sp³-hybridized carbons (Fsp3) is 0.833. The number of hydrogen-bond acceptors (Lipinski definition) is 9. The van der Waals surface area contributed by atoms with Crippen LogP contribution >= 0.6 is 0 Å². The third-order valence-corrected chi connectivity index (χ3v) is 5.64. The predicted octanol–water partition coefficient (Wildman–Crippen LogP) is 2.73. The van der Waals surface area contributed by atoms with Gasteiger partial charge in [0.2, 0.25) is 5.91 Å². The molecule has 1 amide bonds. The van der Waals surface area contributed by atoms with Crippen molar-refractivity contribution >= 4 is 11.7 Å². The third kappa shape index (κ3) is 12.9. The number of hydrogen-bond donors (Lipinski definition) is 1. The Kier molecular flexibility index (Phi) is 13.6. The van der Waals surface area contributed by atoms with Gasteiger partial charge < -0.3 is 19.5 Å². The summed E-state index contributed by atoms with van der Waals surface area (Å²) in [5.41, 5.74) is 0.321. The molecule has 0 unspecified atom stereocenters. The van der Waals surface area contributed by atoms with E-state index in [1.807, 2.05) is 20.0 Å². The average Bonchev–Trinajstić information content (AvgIpc) is 3.44. The normalized spacial score (nSPS) is 13.9. The van der Waals surface area contributed by atoms with E-state index in [4.69, 9.17) is 14.2 Å². The van der Waals surface area contributed by atoms with Crippen LogP contribution in [0.5, 0.6) is 0 Å². The maximum absolute atomic E-state index is 12.0. The predicted molar refractivity (Wildman–Crippen MR) is 130 cm³/mol. The molecule has 1 aromatic rings. The Morgan fingerprint density at radius 3 is 2.37 bits per heavy atom. The lowest BCUT2D eigenvalue weighted by atomic mass is 9.95. The lowest BCUT2D eigenvalue weighted by Crippen LogP contribution is -2.27. The summed E-state index contributed by atoms with van der Waals surface area (Å²) in [6.07, 6.45) is 7.36. The van der Waals surface area contributed by atoms with Crippen molar-refractivity contribution in [3.8, 4) is 0 Å². The minimum atomic E-state index is -0.539. The van der Waals surface area contributed by atoms with Crippen molar-refractivity contribution in [3.05, 3.63) is 11.9 Å². The van der Waals surface area contributed by atoms with Gasteiger partial charge in [0.15, 0.2) is 5.66 Å². The second-order valence-corrected chi connectivity index (χ2v) is 9.10. The lowest BCUT2D eigenvalue weighted by molar-refractivity contribution is -0.123. The van der Waals surface area contributed by atoms with E-state index >= 15 is 0 Å². The number of amides is 1. The third-order valence-electron chi connectivity index (χ3n) is 5.64. The molecule has 0 saturated carbocycles. The van der Waals surface area contributed by atoms with Crippen molar-refractivity contribution in [2.75, 3.05) is 46.2 Å². The highest BCUT2D eigenvalue weighted by Gasteiger charge is 2.42. The molecule has 1 N–H and O–H groups in total. The van der Waals surface area contributed by atoms with Crippen LogP contribution in [0.1, 0.15) is 65.0 Å². The Hall–Kier alpha value is -2.24. The van der Waals surface area contributed by atoms with Gasteiger partial charge in [0.25, 0.3) is 0 Å². The number of carbonyl (C=O) groups is 2. The van der Waals surface area contributed by atoms with Crippen LogP contribution in [-0.4, -0.2) is 78.5 Å². The van der Waals surface area contributed by atoms with Gasteiger partial charge in [0.05, 0.1) is 58.3 Å². The molecule has 11 nitrogen and oxygen atoms in total. The van der Waals surface area contributed by atoms with Crippen LogP contribution in [-0.2, 0) is 36.8 Å². The van der Waals surface area contributed by atoms with Gasteiger partial charge in [-0.2, -0.15) is 10.2 Å². The molecule has 2 heterocycles. The van der Waals surface area contributed by atoms with Crippen molar-refractivity contribution in [1.29, 1.82) is 0 Å². The lowest BCUT2D eigenvalue weighted by Gasteiger charge is -2.10. The SMILES string of the molecule is CCCCCC(=O)NCCOCCOCCOCCn1cc(CCC2(CC(=O)C(C)C)N=N2)nn1.